The Balaban J connectivity index is 1.55. The molecule has 126 valence electrons. The summed E-state index contributed by atoms with van der Waals surface area (Å²) in [5.74, 6) is -0.628. The van der Waals surface area contributed by atoms with Crippen molar-refractivity contribution < 1.29 is 14.0 Å². The van der Waals surface area contributed by atoms with Crippen LogP contribution in [-0.2, 0) is 11.3 Å². The van der Waals surface area contributed by atoms with Crippen molar-refractivity contribution >= 4 is 17.6 Å². The zero-order valence-electron chi connectivity index (χ0n) is 13.2. The van der Waals surface area contributed by atoms with Crippen molar-refractivity contribution in [3.63, 3.8) is 0 Å². The number of hydrogen-bond acceptors (Lipinski definition) is 3. The van der Waals surface area contributed by atoms with E-state index in [0.29, 0.717) is 5.56 Å². The third-order valence-corrected chi connectivity index (χ3v) is 4.12. The van der Waals surface area contributed by atoms with Crippen LogP contribution >= 0.6 is 0 Å². The van der Waals surface area contributed by atoms with Crippen molar-refractivity contribution in [1.29, 1.82) is 0 Å². The minimum Gasteiger partial charge on any atom is -0.283 e. The predicted molar refractivity (Wildman–Crippen MR) is 89.2 cm³/mol. The molecule has 7 heteroatoms. The van der Waals surface area contributed by atoms with Gasteiger partial charge in [0.1, 0.15) is 5.82 Å². The van der Waals surface area contributed by atoms with E-state index in [4.69, 9.17) is 0 Å². The van der Waals surface area contributed by atoms with Crippen LogP contribution in [0.4, 0.5) is 14.9 Å². The smallest absolute Gasteiger partial charge is 0.283 e. The molecule has 0 aromatic heterocycles. The van der Waals surface area contributed by atoms with Gasteiger partial charge < -0.3 is 0 Å². The number of amides is 3. The van der Waals surface area contributed by atoms with Gasteiger partial charge in [0, 0.05) is 18.1 Å². The molecule has 1 saturated heterocycles. The molecule has 0 aliphatic carbocycles. The van der Waals surface area contributed by atoms with Gasteiger partial charge in [0.05, 0.1) is 6.54 Å². The van der Waals surface area contributed by atoms with E-state index in [2.05, 4.69) is 5.43 Å². The lowest BCUT2D eigenvalue weighted by Gasteiger charge is -2.29. The molecule has 2 aromatic carbocycles. The summed E-state index contributed by atoms with van der Waals surface area (Å²) in [7, 11) is 0. The second-order valence-electron chi connectivity index (χ2n) is 5.78. The number of rotatable bonds is 3. The topological polar surface area (TPSA) is 55.9 Å². The molecule has 2 aromatic rings. The summed E-state index contributed by atoms with van der Waals surface area (Å²) in [6, 6.07) is 14.8. The number of nitrogens with zero attached hydrogens (tertiary/aromatic N) is 3. The maximum absolute atomic E-state index is 13.3. The highest BCUT2D eigenvalue weighted by molar-refractivity contribution is 6.02. The van der Waals surface area contributed by atoms with Crippen molar-refractivity contribution in [3.05, 3.63) is 78.4 Å². The van der Waals surface area contributed by atoms with E-state index in [1.54, 1.807) is 24.5 Å². The fourth-order valence-electron chi connectivity index (χ4n) is 2.92. The first-order valence-electron chi connectivity index (χ1n) is 7.80. The highest BCUT2D eigenvalue weighted by atomic mass is 19.1. The monoisotopic (exact) mass is 338 g/mol. The highest BCUT2D eigenvalue weighted by Gasteiger charge is 2.44. The maximum atomic E-state index is 13.3. The molecule has 0 radical (unpaired) electrons. The summed E-state index contributed by atoms with van der Waals surface area (Å²) in [6.45, 7) is 0.163. The van der Waals surface area contributed by atoms with Crippen LogP contribution < -0.4 is 10.3 Å². The Labute approximate surface area is 143 Å². The van der Waals surface area contributed by atoms with E-state index in [-0.39, 0.29) is 24.3 Å². The number of para-hydroxylation sites is 1. The number of anilines is 1. The summed E-state index contributed by atoms with van der Waals surface area (Å²) in [6.07, 6.45) is 2.32. The molecular formula is C18H15FN4O2. The molecule has 2 heterocycles. The third kappa shape index (κ3) is 2.74. The first-order chi connectivity index (χ1) is 12.1. The van der Waals surface area contributed by atoms with Gasteiger partial charge in [-0.15, -0.1) is 0 Å². The number of halogens is 1. The fraction of sp³-hybridized carbons (Fsp3) is 0.111. The highest BCUT2D eigenvalue weighted by Crippen LogP contribution is 2.24. The molecule has 3 amide bonds. The zero-order valence-corrected chi connectivity index (χ0v) is 13.2. The second-order valence-corrected chi connectivity index (χ2v) is 5.78. The Bertz CT molecular complexity index is 855. The number of hydrazine groups is 1. The number of carbonyl (C=O) groups is 2. The van der Waals surface area contributed by atoms with Crippen molar-refractivity contribution in [2.24, 2.45) is 0 Å². The number of hydrogen-bond donors (Lipinski definition) is 1. The van der Waals surface area contributed by atoms with E-state index in [9.17, 15) is 14.0 Å². The van der Waals surface area contributed by atoms with E-state index < -0.39 is 6.17 Å². The predicted octanol–water partition coefficient (Wildman–Crippen LogP) is 2.41. The van der Waals surface area contributed by atoms with Crippen LogP contribution in [-0.4, -0.2) is 28.0 Å². The number of benzene rings is 2. The molecule has 25 heavy (non-hydrogen) atoms. The minimum atomic E-state index is -0.814. The average molecular weight is 338 g/mol. The van der Waals surface area contributed by atoms with Crippen molar-refractivity contribution in [2.45, 2.75) is 12.7 Å². The fourth-order valence-corrected chi connectivity index (χ4v) is 2.92. The van der Waals surface area contributed by atoms with Crippen molar-refractivity contribution in [2.75, 3.05) is 4.90 Å². The molecule has 1 N–H and O–H groups in total. The van der Waals surface area contributed by atoms with E-state index in [1.807, 2.05) is 30.3 Å². The van der Waals surface area contributed by atoms with Crippen LogP contribution in [0.2, 0.25) is 0 Å². The van der Waals surface area contributed by atoms with Gasteiger partial charge >= 0.3 is 6.03 Å². The van der Waals surface area contributed by atoms with Gasteiger partial charge in [-0.2, -0.15) is 5.43 Å². The summed E-state index contributed by atoms with van der Waals surface area (Å²) in [5.41, 5.74) is 4.26. The van der Waals surface area contributed by atoms with Crippen LogP contribution in [0.1, 0.15) is 5.56 Å². The first-order valence-corrected chi connectivity index (χ1v) is 7.80. The average Bonchev–Trinajstić information content (AvgIpc) is 2.93. The number of nitrogens with one attached hydrogen (secondary N) is 1. The molecule has 1 fully saturated rings. The lowest BCUT2D eigenvalue weighted by atomic mass is 10.2. The lowest BCUT2D eigenvalue weighted by Crippen LogP contribution is -2.51. The van der Waals surface area contributed by atoms with Crippen molar-refractivity contribution in [3.8, 4) is 0 Å². The molecule has 1 unspecified atom stereocenters. The van der Waals surface area contributed by atoms with Gasteiger partial charge in [-0.1, -0.05) is 30.3 Å². The molecule has 6 nitrogen and oxygen atoms in total. The second kappa shape index (κ2) is 6.03. The number of urea groups is 1. The lowest BCUT2D eigenvalue weighted by molar-refractivity contribution is -0.122. The Morgan fingerprint density at radius 2 is 1.80 bits per heavy atom. The number of fused-ring (bicyclic) bond motifs is 1. The Morgan fingerprint density at radius 3 is 2.56 bits per heavy atom. The minimum absolute atomic E-state index is 0.163. The molecule has 1 atom stereocenters. The van der Waals surface area contributed by atoms with Crippen LogP contribution in [0.25, 0.3) is 0 Å². The molecule has 2 aliphatic heterocycles. The summed E-state index contributed by atoms with van der Waals surface area (Å²) >= 11 is 0. The Kier molecular flexibility index (Phi) is 3.70. The molecular weight excluding hydrogens is 323 g/mol. The largest absolute Gasteiger partial charge is 0.340 e. The SMILES string of the molecule is O=C1C2NN(Cc3cccc(F)c3)C(=O)N2C=CN1c1ccccc1. The third-order valence-electron chi connectivity index (χ3n) is 4.12. The number of carbonyl (C=O) groups excluding carboxylic acids is 2. The standard InChI is InChI=1S/C18H15FN4O2/c19-14-6-4-5-13(11-14)12-23-18(25)22-10-9-21(17(24)16(22)20-23)15-7-2-1-3-8-15/h1-11,16,20H,12H2. The molecule has 0 spiro atoms. The Hall–Kier alpha value is -3.19. The summed E-state index contributed by atoms with van der Waals surface area (Å²) < 4.78 is 13.3. The van der Waals surface area contributed by atoms with E-state index in [0.717, 1.165) is 5.69 Å². The van der Waals surface area contributed by atoms with Gasteiger partial charge in [-0.3, -0.25) is 19.6 Å². The molecule has 2 aliphatic rings. The maximum Gasteiger partial charge on any atom is 0.340 e. The quantitative estimate of drug-likeness (QED) is 0.935. The van der Waals surface area contributed by atoms with Gasteiger partial charge in [-0.05, 0) is 29.8 Å². The first kappa shape index (κ1) is 15.3. The van der Waals surface area contributed by atoms with Crippen LogP contribution in [0.3, 0.4) is 0 Å². The van der Waals surface area contributed by atoms with Gasteiger partial charge in [0.2, 0.25) is 0 Å². The van der Waals surface area contributed by atoms with Gasteiger partial charge in [0.15, 0.2) is 6.17 Å². The van der Waals surface area contributed by atoms with Crippen LogP contribution in [0, 0.1) is 5.82 Å². The molecule has 4 rings (SSSR count). The normalized spacial score (nSPS) is 19.6. The van der Waals surface area contributed by atoms with Gasteiger partial charge in [-0.25, -0.2) is 9.18 Å². The van der Waals surface area contributed by atoms with E-state index >= 15 is 0 Å². The van der Waals surface area contributed by atoms with Crippen molar-refractivity contribution in [1.82, 2.24) is 15.3 Å². The van der Waals surface area contributed by atoms with E-state index in [1.165, 1.54) is 26.9 Å². The Morgan fingerprint density at radius 1 is 1.00 bits per heavy atom. The summed E-state index contributed by atoms with van der Waals surface area (Å²) in [4.78, 5) is 28.1. The van der Waals surface area contributed by atoms with Gasteiger partial charge in [0.25, 0.3) is 5.91 Å². The zero-order chi connectivity index (χ0) is 17.4. The summed E-state index contributed by atoms with van der Waals surface area (Å²) in [5, 5.41) is 1.32. The molecule has 0 bridgehead atoms. The van der Waals surface area contributed by atoms with Crippen LogP contribution in [0.5, 0.6) is 0 Å². The van der Waals surface area contributed by atoms with Crippen LogP contribution in [0.15, 0.2) is 67.0 Å². The molecule has 0 saturated carbocycles.